The van der Waals surface area contributed by atoms with Crippen LogP contribution in [-0.2, 0) is 6.54 Å². The lowest BCUT2D eigenvalue weighted by Crippen LogP contribution is -2.12. The van der Waals surface area contributed by atoms with E-state index >= 15 is 0 Å². The van der Waals surface area contributed by atoms with E-state index in [1.807, 2.05) is 69.9 Å². The molecule has 3 heterocycles. The number of nitrogens with zero attached hydrogens (tertiary/aromatic N) is 4. The molecular weight excluding hydrogens is 380 g/mol. The highest BCUT2D eigenvalue weighted by atomic mass is 35.5. The molecular formula is C20H13ClN4OS. The van der Waals surface area contributed by atoms with Gasteiger partial charge in [0.15, 0.2) is 11.2 Å². The predicted molar refractivity (Wildman–Crippen MR) is 109 cm³/mol. The summed E-state index contributed by atoms with van der Waals surface area (Å²) in [6.45, 7) is 0.521. The molecule has 0 saturated carbocycles. The molecule has 27 heavy (non-hydrogen) atoms. The van der Waals surface area contributed by atoms with E-state index in [-0.39, 0.29) is 5.43 Å². The van der Waals surface area contributed by atoms with E-state index in [2.05, 4.69) is 10.3 Å². The van der Waals surface area contributed by atoms with Crippen LogP contribution in [0, 0.1) is 0 Å². The maximum atomic E-state index is 12.9. The molecule has 0 unspecified atom stereocenters. The smallest absolute Gasteiger partial charge is 0.220 e. The van der Waals surface area contributed by atoms with Crippen molar-refractivity contribution in [3.05, 3.63) is 86.2 Å². The Bertz CT molecular complexity index is 1340. The molecule has 0 aliphatic heterocycles. The van der Waals surface area contributed by atoms with E-state index in [0.717, 1.165) is 16.8 Å². The Morgan fingerprint density at radius 2 is 1.89 bits per heavy atom. The van der Waals surface area contributed by atoms with Crippen LogP contribution in [0.25, 0.3) is 27.8 Å². The summed E-state index contributed by atoms with van der Waals surface area (Å²) in [4.78, 5) is 12.9. The SMILES string of the molecule is O=c1c2cscc2n(-c2cccc(Cl)c2)c2c1nnn2Cc1ccccc1. The van der Waals surface area contributed by atoms with Gasteiger partial charge >= 0.3 is 0 Å². The second-order valence-electron chi connectivity index (χ2n) is 6.22. The van der Waals surface area contributed by atoms with Crippen LogP contribution in [0.15, 0.2) is 70.2 Å². The van der Waals surface area contributed by atoms with Gasteiger partial charge in [0.05, 0.1) is 17.4 Å². The quantitative estimate of drug-likeness (QED) is 0.454. The molecule has 7 heteroatoms. The largest absolute Gasteiger partial charge is 0.292 e. The number of aromatic nitrogens is 4. The van der Waals surface area contributed by atoms with Gasteiger partial charge in [-0.15, -0.1) is 16.4 Å². The van der Waals surface area contributed by atoms with E-state index in [0.29, 0.717) is 28.1 Å². The lowest BCUT2D eigenvalue weighted by Gasteiger charge is -2.13. The predicted octanol–water partition coefficient (Wildman–Crippen LogP) is 4.50. The maximum absolute atomic E-state index is 12.9. The lowest BCUT2D eigenvalue weighted by atomic mass is 10.2. The summed E-state index contributed by atoms with van der Waals surface area (Å²) in [5.41, 5.74) is 3.70. The minimum Gasteiger partial charge on any atom is -0.292 e. The van der Waals surface area contributed by atoms with Crippen molar-refractivity contribution in [2.24, 2.45) is 0 Å². The molecule has 132 valence electrons. The third-order valence-corrected chi connectivity index (χ3v) is 5.47. The van der Waals surface area contributed by atoms with Gasteiger partial charge in [0.25, 0.3) is 0 Å². The van der Waals surface area contributed by atoms with Gasteiger partial charge < -0.3 is 0 Å². The molecule has 0 amide bonds. The number of rotatable bonds is 3. The zero-order valence-electron chi connectivity index (χ0n) is 14.0. The Morgan fingerprint density at radius 1 is 1.04 bits per heavy atom. The average Bonchev–Trinajstić information content (AvgIpc) is 3.32. The fraction of sp³-hybridized carbons (Fsp3) is 0.0500. The van der Waals surface area contributed by atoms with Gasteiger partial charge in [-0.05, 0) is 23.8 Å². The average molecular weight is 393 g/mol. The highest BCUT2D eigenvalue weighted by molar-refractivity contribution is 7.09. The number of benzene rings is 2. The number of fused-ring (bicyclic) bond motifs is 2. The second kappa shape index (κ2) is 6.33. The zero-order valence-corrected chi connectivity index (χ0v) is 15.6. The van der Waals surface area contributed by atoms with Crippen molar-refractivity contribution < 1.29 is 0 Å². The van der Waals surface area contributed by atoms with Gasteiger partial charge in [-0.2, -0.15) is 0 Å². The van der Waals surface area contributed by atoms with Crippen LogP contribution in [0.5, 0.6) is 0 Å². The molecule has 0 bridgehead atoms. The maximum Gasteiger partial charge on any atom is 0.220 e. The van der Waals surface area contributed by atoms with Crippen molar-refractivity contribution in [2.75, 3.05) is 0 Å². The Labute approximate surface area is 163 Å². The minimum absolute atomic E-state index is 0.0983. The highest BCUT2D eigenvalue weighted by Crippen LogP contribution is 2.27. The molecule has 0 N–H and O–H groups in total. The summed E-state index contributed by atoms with van der Waals surface area (Å²) in [5, 5.41) is 13.6. The van der Waals surface area contributed by atoms with Crippen LogP contribution in [0.4, 0.5) is 0 Å². The van der Waals surface area contributed by atoms with Crippen LogP contribution >= 0.6 is 22.9 Å². The first kappa shape index (κ1) is 16.2. The van der Waals surface area contributed by atoms with Crippen molar-refractivity contribution in [1.29, 1.82) is 0 Å². The molecule has 2 aromatic carbocycles. The van der Waals surface area contributed by atoms with Crippen molar-refractivity contribution in [3.63, 3.8) is 0 Å². The first-order valence-electron chi connectivity index (χ1n) is 8.36. The summed E-state index contributed by atoms with van der Waals surface area (Å²) in [5.74, 6) is 0. The van der Waals surface area contributed by atoms with Gasteiger partial charge in [0.1, 0.15) is 0 Å². The van der Waals surface area contributed by atoms with Gasteiger partial charge in [0.2, 0.25) is 5.43 Å². The Balaban J connectivity index is 1.87. The van der Waals surface area contributed by atoms with E-state index in [4.69, 9.17) is 11.6 Å². The third-order valence-electron chi connectivity index (χ3n) is 4.50. The Hall–Kier alpha value is -2.96. The molecule has 5 nitrogen and oxygen atoms in total. The second-order valence-corrected chi connectivity index (χ2v) is 7.40. The van der Waals surface area contributed by atoms with E-state index < -0.39 is 0 Å². The monoisotopic (exact) mass is 392 g/mol. The Kier molecular flexibility index (Phi) is 3.81. The first-order chi connectivity index (χ1) is 13.2. The van der Waals surface area contributed by atoms with Crippen molar-refractivity contribution in [2.45, 2.75) is 6.54 Å². The van der Waals surface area contributed by atoms with Crippen molar-refractivity contribution in [1.82, 2.24) is 19.6 Å². The molecule has 3 aromatic heterocycles. The number of hydrogen-bond acceptors (Lipinski definition) is 4. The molecule has 0 atom stereocenters. The fourth-order valence-corrected chi connectivity index (χ4v) is 4.27. The molecule has 0 radical (unpaired) electrons. The van der Waals surface area contributed by atoms with Crippen molar-refractivity contribution in [3.8, 4) is 5.69 Å². The van der Waals surface area contributed by atoms with Crippen LogP contribution < -0.4 is 5.43 Å². The van der Waals surface area contributed by atoms with Gasteiger partial charge in [0, 0.05) is 21.5 Å². The standard InChI is InChI=1S/C20H13ClN4OS/c21-14-7-4-8-15(9-14)25-17-12-27-11-16(17)19(26)18-20(25)24(23-22-18)10-13-5-2-1-3-6-13/h1-9,11-12H,10H2. The van der Waals surface area contributed by atoms with Gasteiger partial charge in [-0.1, -0.05) is 53.2 Å². The van der Waals surface area contributed by atoms with E-state index in [1.54, 1.807) is 4.68 Å². The first-order valence-corrected chi connectivity index (χ1v) is 9.68. The highest BCUT2D eigenvalue weighted by Gasteiger charge is 2.19. The summed E-state index contributed by atoms with van der Waals surface area (Å²) in [7, 11) is 0. The zero-order chi connectivity index (χ0) is 18.4. The minimum atomic E-state index is -0.0983. The summed E-state index contributed by atoms with van der Waals surface area (Å²) < 4.78 is 3.78. The number of pyridine rings is 1. The molecule has 0 saturated heterocycles. The number of hydrogen-bond donors (Lipinski definition) is 0. The molecule has 0 fully saturated rings. The topological polar surface area (TPSA) is 52.7 Å². The molecule has 0 aliphatic carbocycles. The van der Waals surface area contributed by atoms with Gasteiger partial charge in [-0.3, -0.25) is 9.36 Å². The fourth-order valence-electron chi connectivity index (χ4n) is 3.29. The van der Waals surface area contributed by atoms with E-state index in [9.17, 15) is 4.79 Å². The van der Waals surface area contributed by atoms with Crippen LogP contribution in [0.1, 0.15) is 5.56 Å². The van der Waals surface area contributed by atoms with Crippen LogP contribution in [0.3, 0.4) is 0 Å². The number of thiophene rings is 1. The van der Waals surface area contributed by atoms with E-state index in [1.165, 1.54) is 11.3 Å². The van der Waals surface area contributed by atoms with Gasteiger partial charge in [-0.25, -0.2) is 4.68 Å². The van der Waals surface area contributed by atoms with Crippen molar-refractivity contribution >= 4 is 45.0 Å². The summed E-state index contributed by atoms with van der Waals surface area (Å²) in [6.07, 6.45) is 0. The molecule has 0 aliphatic rings. The van der Waals surface area contributed by atoms with Crippen LogP contribution in [0.2, 0.25) is 5.02 Å². The summed E-state index contributed by atoms with van der Waals surface area (Å²) >= 11 is 7.73. The summed E-state index contributed by atoms with van der Waals surface area (Å²) in [6, 6.07) is 17.6. The van der Waals surface area contributed by atoms with Crippen LogP contribution in [-0.4, -0.2) is 19.6 Å². The number of halogens is 1. The lowest BCUT2D eigenvalue weighted by molar-refractivity contribution is 0.660. The Morgan fingerprint density at radius 3 is 2.70 bits per heavy atom. The normalized spacial score (nSPS) is 11.4. The molecule has 5 aromatic rings. The molecule has 0 spiro atoms. The molecule has 5 rings (SSSR count). The third kappa shape index (κ3) is 2.65.